The summed E-state index contributed by atoms with van der Waals surface area (Å²) in [7, 11) is 3.67. The van der Waals surface area contributed by atoms with Crippen molar-refractivity contribution in [3.63, 3.8) is 0 Å². The van der Waals surface area contributed by atoms with E-state index in [2.05, 4.69) is 15.2 Å². The summed E-state index contributed by atoms with van der Waals surface area (Å²) in [4.78, 5) is 6.98. The highest BCUT2D eigenvalue weighted by molar-refractivity contribution is 5.80. The van der Waals surface area contributed by atoms with Gasteiger partial charge in [0.05, 0.1) is 6.10 Å². The van der Waals surface area contributed by atoms with Crippen LogP contribution in [0, 0.1) is 11.8 Å². The van der Waals surface area contributed by atoms with Gasteiger partial charge >= 0.3 is 0 Å². The summed E-state index contributed by atoms with van der Waals surface area (Å²) in [5.41, 5.74) is 0. The number of rotatable bonds is 7. The molecule has 1 aliphatic heterocycles. The summed E-state index contributed by atoms with van der Waals surface area (Å²) in [5.74, 6) is 2.98. The standard InChI is InChI=1S/C20H37N3O2/c1-21-20(22-19-15-18(19)16-7-4-3-5-8-16)23-11-9-17(10-12-23)25-14-6-13-24-2/h16-19H,3-15H2,1-2H3,(H,21,22). The number of aliphatic imine (C=N–C) groups is 1. The molecule has 0 aromatic rings. The minimum absolute atomic E-state index is 0.405. The Balaban J connectivity index is 1.35. The highest BCUT2D eigenvalue weighted by atomic mass is 16.5. The van der Waals surface area contributed by atoms with Gasteiger partial charge in [0.25, 0.3) is 0 Å². The van der Waals surface area contributed by atoms with Crippen molar-refractivity contribution in [1.82, 2.24) is 10.2 Å². The second kappa shape index (κ2) is 9.77. The Bertz CT molecular complexity index is 415. The first kappa shape index (κ1) is 19.0. The molecule has 2 atom stereocenters. The lowest BCUT2D eigenvalue weighted by molar-refractivity contribution is 0.00988. The molecule has 5 nitrogen and oxygen atoms in total. The van der Waals surface area contributed by atoms with Crippen molar-refractivity contribution in [2.75, 3.05) is 40.5 Å². The highest BCUT2D eigenvalue weighted by Crippen LogP contribution is 2.44. The second-order valence-electron chi connectivity index (χ2n) is 8.00. The Morgan fingerprint density at radius 3 is 2.52 bits per heavy atom. The summed E-state index contributed by atoms with van der Waals surface area (Å²) in [5, 5.41) is 3.75. The average molecular weight is 352 g/mol. The highest BCUT2D eigenvalue weighted by Gasteiger charge is 2.43. The minimum Gasteiger partial charge on any atom is -0.385 e. The van der Waals surface area contributed by atoms with Gasteiger partial charge in [0.2, 0.25) is 0 Å². The molecule has 0 spiro atoms. The Hall–Kier alpha value is -0.810. The number of likely N-dealkylation sites (tertiary alicyclic amines) is 1. The van der Waals surface area contributed by atoms with Gasteiger partial charge in [0.1, 0.15) is 0 Å². The maximum Gasteiger partial charge on any atom is 0.193 e. The molecule has 3 rings (SSSR count). The molecular weight excluding hydrogens is 314 g/mol. The van der Waals surface area contributed by atoms with Crippen molar-refractivity contribution in [3.8, 4) is 0 Å². The Kier molecular flexibility index (Phi) is 7.41. The molecule has 3 fully saturated rings. The van der Waals surface area contributed by atoms with Crippen LogP contribution in [0.15, 0.2) is 4.99 Å². The van der Waals surface area contributed by atoms with E-state index in [9.17, 15) is 0 Å². The van der Waals surface area contributed by atoms with Crippen LogP contribution in [0.4, 0.5) is 0 Å². The number of nitrogens with one attached hydrogen (secondary N) is 1. The normalized spacial score (nSPS) is 29.0. The van der Waals surface area contributed by atoms with E-state index in [1.807, 2.05) is 7.05 Å². The van der Waals surface area contributed by atoms with Crippen molar-refractivity contribution in [2.24, 2.45) is 16.8 Å². The van der Waals surface area contributed by atoms with Crippen LogP contribution >= 0.6 is 0 Å². The molecule has 0 aromatic carbocycles. The van der Waals surface area contributed by atoms with Crippen LogP contribution < -0.4 is 5.32 Å². The number of nitrogens with zero attached hydrogens (tertiary/aromatic N) is 2. The fourth-order valence-corrected chi connectivity index (χ4v) is 4.61. The van der Waals surface area contributed by atoms with Gasteiger partial charge < -0.3 is 19.7 Å². The summed E-state index contributed by atoms with van der Waals surface area (Å²) in [6.45, 7) is 3.71. The van der Waals surface area contributed by atoms with Crippen molar-refractivity contribution in [1.29, 1.82) is 0 Å². The van der Waals surface area contributed by atoms with E-state index in [0.29, 0.717) is 12.1 Å². The Labute approximate surface area is 153 Å². The maximum absolute atomic E-state index is 5.97. The molecule has 0 aromatic heterocycles. The van der Waals surface area contributed by atoms with E-state index in [0.717, 1.165) is 63.4 Å². The summed E-state index contributed by atoms with van der Waals surface area (Å²) >= 11 is 0. The molecule has 3 aliphatic rings. The van der Waals surface area contributed by atoms with Crippen LogP contribution in [0.2, 0.25) is 0 Å². The largest absolute Gasteiger partial charge is 0.385 e. The van der Waals surface area contributed by atoms with E-state index in [1.54, 1.807) is 7.11 Å². The van der Waals surface area contributed by atoms with E-state index in [1.165, 1.54) is 38.5 Å². The fraction of sp³-hybridized carbons (Fsp3) is 0.950. The number of hydrogen-bond donors (Lipinski definition) is 1. The fourth-order valence-electron chi connectivity index (χ4n) is 4.61. The topological polar surface area (TPSA) is 46.1 Å². The molecule has 2 aliphatic carbocycles. The molecule has 144 valence electrons. The van der Waals surface area contributed by atoms with Crippen LogP contribution in [-0.4, -0.2) is 63.5 Å². The molecule has 0 bridgehead atoms. The third kappa shape index (κ3) is 5.58. The van der Waals surface area contributed by atoms with Crippen LogP contribution in [0.3, 0.4) is 0 Å². The number of guanidine groups is 1. The summed E-state index contributed by atoms with van der Waals surface area (Å²) in [6, 6.07) is 0.671. The molecular formula is C20H37N3O2. The first-order chi connectivity index (χ1) is 12.3. The van der Waals surface area contributed by atoms with Gasteiger partial charge in [-0.05, 0) is 37.5 Å². The molecule has 1 N–H and O–H groups in total. The minimum atomic E-state index is 0.405. The third-order valence-electron chi connectivity index (χ3n) is 6.21. The second-order valence-corrected chi connectivity index (χ2v) is 8.00. The van der Waals surface area contributed by atoms with Crippen molar-refractivity contribution >= 4 is 5.96 Å². The predicted octanol–water partition coefficient (Wildman–Crippen LogP) is 3.05. The predicted molar refractivity (Wildman–Crippen MR) is 102 cm³/mol. The van der Waals surface area contributed by atoms with Crippen LogP contribution in [0.25, 0.3) is 0 Å². The van der Waals surface area contributed by atoms with Gasteiger partial charge in [-0.1, -0.05) is 32.1 Å². The SMILES string of the molecule is CN=C(NC1CC1C1CCCCC1)N1CCC(OCCCOC)CC1. The van der Waals surface area contributed by atoms with E-state index >= 15 is 0 Å². The lowest BCUT2D eigenvalue weighted by Crippen LogP contribution is -2.48. The van der Waals surface area contributed by atoms with Gasteiger partial charge in [-0.15, -0.1) is 0 Å². The van der Waals surface area contributed by atoms with Crippen LogP contribution in [0.1, 0.15) is 57.8 Å². The Morgan fingerprint density at radius 1 is 1.08 bits per heavy atom. The first-order valence-electron chi connectivity index (χ1n) is 10.4. The number of piperidine rings is 1. The van der Waals surface area contributed by atoms with E-state index in [4.69, 9.17) is 9.47 Å². The van der Waals surface area contributed by atoms with E-state index < -0.39 is 0 Å². The molecule has 2 saturated carbocycles. The Morgan fingerprint density at radius 2 is 1.84 bits per heavy atom. The number of ether oxygens (including phenoxy) is 2. The zero-order valence-corrected chi connectivity index (χ0v) is 16.2. The molecule has 5 heteroatoms. The van der Waals surface area contributed by atoms with Gasteiger partial charge in [0.15, 0.2) is 5.96 Å². The molecule has 0 amide bonds. The average Bonchev–Trinajstić information content (AvgIpc) is 3.44. The van der Waals surface area contributed by atoms with Crippen molar-refractivity contribution < 1.29 is 9.47 Å². The van der Waals surface area contributed by atoms with Gasteiger partial charge in [-0.3, -0.25) is 4.99 Å². The van der Waals surface area contributed by atoms with Gasteiger partial charge in [0, 0.05) is 46.5 Å². The van der Waals surface area contributed by atoms with Gasteiger partial charge in [-0.25, -0.2) is 0 Å². The monoisotopic (exact) mass is 351 g/mol. The number of hydrogen-bond acceptors (Lipinski definition) is 3. The maximum atomic E-state index is 5.97. The molecule has 25 heavy (non-hydrogen) atoms. The van der Waals surface area contributed by atoms with Crippen LogP contribution in [0.5, 0.6) is 0 Å². The molecule has 1 heterocycles. The quantitative estimate of drug-likeness (QED) is 0.435. The zero-order chi connectivity index (χ0) is 17.5. The molecule has 2 unspecified atom stereocenters. The summed E-state index contributed by atoms with van der Waals surface area (Å²) < 4.78 is 11.0. The smallest absolute Gasteiger partial charge is 0.193 e. The van der Waals surface area contributed by atoms with Crippen LogP contribution in [-0.2, 0) is 9.47 Å². The lowest BCUT2D eigenvalue weighted by atomic mass is 9.85. The van der Waals surface area contributed by atoms with Crippen molar-refractivity contribution in [3.05, 3.63) is 0 Å². The number of methoxy groups -OCH3 is 1. The van der Waals surface area contributed by atoms with E-state index in [-0.39, 0.29) is 0 Å². The first-order valence-corrected chi connectivity index (χ1v) is 10.4. The van der Waals surface area contributed by atoms with Crippen molar-refractivity contribution in [2.45, 2.75) is 69.9 Å². The molecule has 0 radical (unpaired) electrons. The zero-order valence-electron chi connectivity index (χ0n) is 16.2. The lowest BCUT2D eigenvalue weighted by Gasteiger charge is -2.34. The third-order valence-corrected chi connectivity index (χ3v) is 6.21. The van der Waals surface area contributed by atoms with Gasteiger partial charge in [-0.2, -0.15) is 0 Å². The summed E-state index contributed by atoms with van der Waals surface area (Å²) in [6.07, 6.45) is 12.2. The molecule has 1 saturated heterocycles.